The third-order valence-electron chi connectivity index (χ3n) is 16.3. The van der Waals surface area contributed by atoms with Gasteiger partial charge in [-0.3, -0.25) is 9.98 Å². The lowest BCUT2D eigenvalue weighted by atomic mass is 9.46. The standard InChI is InChI=1S/C46H70N6O5/c1-43(34-10-9-31(22-34)39(51-41(47)49-3)52-42(48)50-20-14-30-6-4-7-33-27-56-28-37(30)33)26-36-32(15-21-53)24-45(40-44(2,57-40)17-13-38(36)43)18-11-29(23-45)12-19-46(55)16-5-8-35(54)25-46/h4,6-7,15,27-29,31,34-36,38-40,53-55H,5,8-14,16-26H2,1-3H3,(H3,47,49,51)(H3,48,50,52). The van der Waals surface area contributed by atoms with Gasteiger partial charge in [0, 0.05) is 36.2 Å². The number of aliphatic hydroxyl groups is 3. The van der Waals surface area contributed by atoms with Gasteiger partial charge >= 0.3 is 0 Å². The third kappa shape index (κ3) is 8.24. The van der Waals surface area contributed by atoms with E-state index in [0.29, 0.717) is 54.5 Å². The van der Waals surface area contributed by atoms with Gasteiger partial charge in [-0.1, -0.05) is 36.8 Å². The Hall–Kier alpha value is -3.12. The highest BCUT2D eigenvalue weighted by atomic mass is 16.6. The van der Waals surface area contributed by atoms with E-state index in [2.05, 4.69) is 47.7 Å². The molecule has 12 atom stereocenters. The number of nitrogens with two attached hydrogens (primary N) is 2. The molecule has 8 rings (SSSR count). The van der Waals surface area contributed by atoms with Crippen LogP contribution in [-0.2, 0) is 11.2 Å². The highest BCUT2D eigenvalue weighted by Crippen LogP contribution is 2.69. The average Bonchev–Trinajstić information content (AvgIpc) is 3.64. The van der Waals surface area contributed by atoms with Crippen molar-refractivity contribution in [2.45, 2.75) is 153 Å². The van der Waals surface area contributed by atoms with Gasteiger partial charge in [-0.15, -0.1) is 0 Å². The zero-order chi connectivity index (χ0) is 40.0. The van der Waals surface area contributed by atoms with Crippen LogP contribution in [0.2, 0.25) is 0 Å². The number of rotatable bonds is 11. The van der Waals surface area contributed by atoms with Gasteiger partial charge in [0.15, 0.2) is 11.9 Å². The summed E-state index contributed by atoms with van der Waals surface area (Å²) in [4.78, 5) is 8.94. The fraction of sp³-hybridized carbons (Fsp3) is 0.739. The number of furan rings is 1. The zero-order valence-electron chi connectivity index (χ0n) is 34.7. The lowest BCUT2D eigenvalue weighted by molar-refractivity contribution is -0.0702. The molecule has 314 valence electrons. The molecule has 11 nitrogen and oxygen atoms in total. The van der Waals surface area contributed by atoms with Crippen LogP contribution in [0.1, 0.15) is 122 Å². The molecule has 1 spiro atoms. The predicted molar refractivity (Wildman–Crippen MR) is 225 cm³/mol. The molecule has 5 aliphatic carbocycles. The van der Waals surface area contributed by atoms with Crippen LogP contribution in [0.5, 0.6) is 0 Å². The highest BCUT2D eigenvalue weighted by Gasteiger charge is 2.67. The van der Waals surface area contributed by atoms with Crippen LogP contribution in [0.3, 0.4) is 0 Å². The number of ether oxygens (including phenoxy) is 1. The maximum atomic E-state index is 11.3. The van der Waals surface area contributed by atoms with E-state index in [0.717, 1.165) is 107 Å². The zero-order valence-corrected chi connectivity index (χ0v) is 34.7. The van der Waals surface area contributed by atoms with Crippen LogP contribution < -0.4 is 22.1 Å². The van der Waals surface area contributed by atoms with Crippen LogP contribution in [0.4, 0.5) is 0 Å². The third-order valence-corrected chi connectivity index (χ3v) is 16.3. The number of nitrogens with one attached hydrogen (secondary N) is 2. The summed E-state index contributed by atoms with van der Waals surface area (Å²) in [7, 11) is 1.70. The number of allylic oxidation sites excluding steroid dienone is 1. The van der Waals surface area contributed by atoms with Crippen molar-refractivity contribution in [1.29, 1.82) is 0 Å². The molecule has 1 aliphatic heterocycles. The number of aliphatic imine (C=N–C) groups is 2. The second-order valence-electron chi connectivity index (χ2n) is 19.8. The van der Waals surface area contributed by atoms with Crippen LogP contribution in [0.15, 0.2) is 56.8 Å². The van der Waals surface area contributed by atoms with Crippen molar-refractivity contribution in [3.63, 3.8) is 0 Å². The van der Waals surface area contributed by atoms with E-state index < -0.39 is 5.60 Å². The molecule has 9 N–H and O–H groups in total. The van der Waals surface area contributed by atoms with Crippen molar-refractivity contribution in [2.24, 2.45) is 61.9 Å². The molecule has 1 aromatic heterocycles. The molecule has 0 radical (unpaired) electrons. The Balaban J connectivity index is 0.925. The van der Waals surface area contributed by atoms with E-state index in [9.17, 15) is 15.3 Å². The van der Waals surface area contributed by atoms with Gasteiger partial charge < -0.3 is 46.6 Å². The average molecular weight is 787 g/mol. The van der Waals surface area contributed by atoms with Crippen molar-refractivity contribution in [3.8, 4) is 0 Å². The summed E-state index contributed by atoms with van der Waals surface area (Å²) in [6.07, 6.45) is 22.2. The van der Waals surface area contributed by atoms with Crippen molar-refractivity contribution in [1.82, 2.24) is 10.6 Å². The van der Waals surface area contributed by atoms with E-state index in [4.69, 9.17) is 25.6 Å². The Morgan fingerprint density at radius 2 is 1.86 bits per heavy atom. The molecule has 2 aromatic rings. The summed E-state index contributed by atoms with van der Waals surface area (Å²) >= 11 is 0. The molecular formula is C46H70N6O5. The molecule has 1 aromatic carbocycles. The maximum Gasteiger partial charge on any atom is 0.190 e. The number of epoxide rings is 1. The van der Waals surface area contributed by atoms with Gasteiger partial charge in [0.25, 0.3) is 0 Å². The van der Waals surface area contributed by atoms with Gasteiger partial charge in [0.2, 0.25) is 0 Å². The normalized spacial score (nSPS) is 40.9. The quantitative estimate of drug-likeness (QED) is 0.0452. The van der Waals surface area contributed by atoms with Crippen LogP contribution >= 0.6 is 0 Å². The molecule has 0 bridgehead atoms. The van der Waals surface area contributed by atoms with Crippen LogP contribution in [0.25, 0.3) is 10.8 Å². The van der Waals surface area contributed by atoms with Gasteiger partial charge in [-0.25, -0.2) is 0 Å². The van der Waals surface area contributed by atoms with Crippen molar-refractivity contribution >= 4 is 22.7 Å². The lowest BCUT2D eigenvalue weighted by Crippen LogP contribution is -2.56. The smallest absolute Gasteiger partial charge is 0.190 e. The number of fused-ring (bicyclic) bond motifs is 4. The van der Waals surface area contributed by atoms with Crippen LogP contribution in [0, 0.1) is 40.4 Å². The van der Waals surface area contributed by atoms with Crippen LogP contribution in [-0.4, -0.2) is 77.0 Å². The van der Waals surface area contributed by atoms with E-state index in [1.165, 1.54) is 17.6 Å². The highest BCUT2D eigenvalue weighted by molar-refractivity contribution is 5.84. The summed E-state index contributed by atoms with van der Waals surface area (Å²) in [5.41, 5.74) is 14.9. The summed E-state index contributed by atoms with van der Waals surface area (Å²) in [5.74, 6) is 3.28. The van der Waals surface area contributed by atoms with E-state index in [-0.39, 0.29) is 41.4 Å². The molecule has 2 heterocycles. The van der Waals surface area contributed by atoms with Crippen molar-refractivity contribution < 1.29 is 24.5 Å². The maximum absolute atomic E-state index is 11.3. The minimum atomic E-state index is -0.721. The molecule has 11 heteroatoms. The molecule has 12 unspecified atom stereocenters. The minimum absolute atomic E-state index is 0.0832. The molecule has 6 fully saturated rings. The Morgan fingerprint density at radius 1 is 1.02 bits per heavy atom. The molecule has 6 aliphatic rings. The Labute approximate surface area is 339 Å². The number of benzene rings is 1. The number of hydrogen-bond donors (Lipinski definition) is 7. The van der Waals surface area contributed by atoms with E-state index >= 15 is 0 Å². The van der Waals surface area contributed by atoms with Gasteiger partial charge in [-0.05, 0) is 150 Å². The van der Waals surface area contributed by atoms with E-state index in [1.807, 2.05) is 6.07 Å². The van der Waals surface area contributed by atoms with Gasteiger partial charge in [0.05, 0.1) is 42.5 Å². The van der Waals surface area contributed by atoms with Gasteiger partial charge in [-0.2, -0.15) is 0 Å². The molecular weight excluding hydrogens is 717 g/mol. The van der Waals surface area contributed by atoms with Crippen molar-refractivity contribution in [2.75, 3.05) is 20.2 Å². The Kier molecular flexibility index (Phi) is 11.5. The summed E-state index contributed by atoms with van der Waals surface area (Å²) < 4.78 is 12.2. The monoisotopic (exact) mass is 787 g/mol. The second kappa shape index (κ2) is 16.1. The number of hydrogen-bond acceptors (Lipinski definition) is 7. The van der Waals surface area contributed by atoms with Gasteiger partial charge in [0.1, 0.15) is 6.17 Å². The molecule has 5 saturated carbocycles. The first-order chi connectivity index (χ1) is 27.4. The minimum Gasteiger partial charge on any atom is -0.471 e. The Bertz CT molecular complexity index is 1830. The number of guanidine groups is 2. The Morgan fingerprint density at radius 3 is 2.67 bits per heavy atom. The molecule has 57 heavy (non-hydrogen) atoms. The lowest BCUT2D eigenvalue weighted by Gasteiger charge is -2.59. The largest absolute Gasteiger partial charge is 0.471 e. The summed E-state index contributed by atoms with van der Waals surface area (Å²) in [5, 5.41) is 41.1. The number of nitrogens with zero attached hydrogens (tertiary/aromatic N) is 2. The topological polar surface area (TPSA) is 187 Å². The molecule has 0 amide bonds. The second-order valence-corrected chi connectivity index (χ2v) is 19.8. The molecule has 1 saturated heterocycles. The van der Waals surface area contributed by atoms with E-state index in [1.54, 1.807) is 19.6 Å². The number of aliphatic hydroxyl groups excluding tert-OH is 2. The first-order valence-corrected chi connectivity index (χ1v) is 22.2. The SMILES string of the molecule is CN=C(N)NC(NC(N)=NCCc1cccc2cocc12)C1CCC(C2(C)CC3C(=CCO)CC4(CCC(CCC5(O)CCCC(O)C5)C4)C4OC4(C)CCC32)C1. The predicted octanol–water partition coefficient (Wildman–Crippen LogP) is 6.29. The summed E-state index contributed by atoms with van der Waals surface area (Å²) in [6, 6.07) is 6.22. The van der Waals surface area contributed by atoms with Crippen molar-refractivity contribution in [3.05, 3.63) is 47.9 Å². The fourth-order valence-corrected chi connectivity index (χ4v) is 13.2. The first-order valence-electron chi connectivity index (χ1n) is 22.2. The summed E-state index contributed by atoms with van der Waals surface area (Å²) in [6.45, 7) is 5.55. The fourth-order valence-electron chi connectivity index (χ4n) is 13.2. The first kappa shape index (κ1) is 40.7.